The fourth-order valence-corrected chi connectivity index (χ4v) is 5.05. The third kappa shape index (κ3) is 2.87. The summed E-state index contributed by atoms with van der Waals surface area (Å²) in [4.78, 5) is 4.79. The highest BCUT2D eigenvalue weighted by Gasteiger charge is 2.25. The first-order valence-electron chi connectivity index (χ1n) is 10.9. The molecule has 5 aromatic carbocycles. The molecule has 0 atom stereocenters. The van der Waals surface area contributed by atoms with E-state index in [0.717, 1.165) is 13.0 Å². The molecule has 0 bridgehead atoms. The molecule has 1 heterocycles. The first-order valence-corrected chi connectivity index (χ1v) is 10.9. The highest BCUT2D eigenvalue weighted by molar-refractivity contribution is 6.02. The number of anilines is 4. The van der Waals surface area contributed by atoms with Crippen molar-refractivity contribution >= 4 is 44.3 Å². The summed E-state index contributed by atoms with van der Waals surface area (Å²) >= 11 is 0. The first-order chi connectivity index (χ1) is 15.3. The molecule has 1 aliphatic heterocycles. The van der Waals surface area contributed by atoms with E-state index >= 15 is 0 Å². The summed E-state index contributed by atoms with van der Waals surface area (Å²) in [5.74, 6) is 0. The predicted octanol–water partition coefficient (Wildman–Crippen LogP) is 7.46. The van der Waals surface area contributed by atoms with Crippen LogP contribution in [0.1, 0.15) is 5.56 Å². The van der Waals surface area contributed by atoms with Gasteiger partial charge >= 0.3 is 0 Å². The Kier molecular flexibility index (Phi) is 4.17. The van der Waals surface area contributed by atoms with Crippen molar-refractivity contribution in [3.63, 3.8) is 0 Å². The van der Waals surface area contributed by atoms with Gasteiger partial charge in [0.2, 0.25) is 0 Å². The van der Waals surface area contributed by atoms with E-state index in [9.17, 15) is 0 Å². The van der Waals surface area contributed by atoms with Crippen molar-refractivity contribution in [2.24, 2.45) is 0 Å². The molecule has 150 valence electrons. The predicted molar refractivity (Wildman–Crippen MR) is 133 cm³/mol. The standard InChI is InChI=1S/C29H24N2/c1-30-26-14-6-8-16-28(26)31(29-17-9-7-15-27(29)30)19-18-25-23-12-4-2-10-21(23)20-22-11-3-5-13-24(22)25/h2-17,20H,18-19H2,1H3. The van der Waals surface area contributed by atoms with Gasteiger partial charge in [0, 0.05) is 13.6 Å². The largest absolute Gasteiger partial charge is 0.341 e. The van der Waals surface area contributed by atoms with Gasteiger partial charge in [-0.15, -0.1) is 0 Å². The molecule has 6 rings (SSSR count). The van der Waals surface area contributed by atoms with Crippen molar-refractivity contribution in [2.45, 2.75) is 6.42 Å². The molecule has 5 aromatic rings. The average Bonchev–Trinajstić information content (AvgIpc) is 2.83. The minimum Gasteiger partial charge on any atom is -0.341 e. The van der Waals surface area contributed by atoms with Gasteiger partial charge in [-0.05, 0) is 63.9 Å². The summed E-state index contributed by atoms with van der Waals surface area (Å²) in [6.45, 7) is 0.930. The lowest BCUT2D eigenvalue weighted by Gasteiger charge is -2.38. The molecule has 0 amide bonds. The Hall–Kier alpha value is -3.78. The van der Waals surface area contributed by atoms with Crippen molar-refractivity contribution in [3.8, 4) is 0 Å². The molecule has 0 unspecified atom stereocenters. The fraction of sp³-hybridized carbons (Fsp3) is 0.103. The van der Waals surface area contributed by atoms with Crippen LogP contribution in [0.15, 0.2) is 103 Å². The molecule has 31 heavy (non-hydrogen) atoms. The number of fused-ring (bicyclic) bond motifs is 4. The Morgan fingerprint density at radius 3 is 1.55 bits per heavy atom. The zero-order valence-corrected chi connectivity index (χ0v) is 17.6. The molecule has 0 spiro atoms. The second-order valence-corrected chi connectivity index (χ2v) is 8.24. The van der Waals surface area contributed by atoms with E-state index in [1.54, 1.807) is 0 Å². The monoisotopic (exact) mass is 400 g/mol. The second-order valence-electron chi connectivity index (χ2n) is 8.24. The van der Waals surface area contributed by atoms with Crippen LogP contribution in [0, 0.1) is 0 Å². The van der Waals surface area contributed by atoms with Gasteiger partial charge in [0.05, 0.1) is 22.7 Å². The molecule has 0 N–H and O–H groups in total. The number of para-hydroxylation sites is 4. The number of hydrogen-bond donors (Lipinski definition) is 0. The van der Waals surface area contributed by atoms with Crippen LogP contribution in [0.25, 0.3) is 21.5 Å². The van der Waals surface area contributed by atoms with Gasteiger partial charge in [0.15, 0.2) is 0 Å². The lowest BCUT2D eigenvalue weighted by molar-refractivity contribution is 0.909. The van der Waals surface area contributed by atoms with Crippen LogP contribution >= 0.6 is 0 Å². The fourth-order valence-electron chi connectivity index (χ4n) is 5.05. The maximum Gasteiger partial charge on any atom is 0.0652 e. The van der Waals surface area contributed by atoms with Gasteiger partial charge in [0.25, 0.3) is 0 Å². The maximum atomic E-state index is 2.49. The number of nitrogens with zero attached hydrogens (tertiary/aromatic N) is 2. The SMILES string of the molecule is CN1c2ccccc2N(CCc2c3ccccc3cc3ccccc23)c2ccccc21. The Bertz CT molecular complexity index is 1320. The van der Waals surface area contributed by atoms with Crippen LogP contribution < -0.4 is 9.80 Å². The summed E-state index contributed by atoms with van der Waals surface area (Å²) in [7, 11) is 2.16. The summed E-state index contributed by atoms with van der Waals surface area (Å²) in [6.07, 6.45) is 0.980. The van der Waals surface area contributed by atoms with Gasteiger partial charge in [-0.25, -0.2) is 0 Å². The molecule has 2 nitrogen and oxygen atoms in total. The zero-order valence-electron chi connectivity index (χ0n) is 17.6. The van der Waals surface area contributed by atoms with Gasteiger partial charge in [-0.1, -0.05) is 72.8 Å². The molecule has 0 saturated heterocycles. The molecule has 2 heteroatoms. The van der Waals surface area contributed by atoms with Gasteiger partial charge in [-0.2, -0.15) is 0 Å². The van der Waals surface area contributed by atoms with E-state index in [0.29, 0.717) is 0 Å². The van der Waals surface area contributed by atoms with Crippen molar-refractivity contribution in [3.05, 3.63) is 109 Å². The molecular formula is C29H24N2. The van der Waals surface area contributed by atoms with Crippen molar-refractivity contribution < 1.29 is 0 Å². The quantitative estimate of drug-likeness (QED) is 0.290. The maximum absolute atomic E-state index is 2.49. The van der Waals surface area contributed by atoms with E-state index in [1.807, 2.05) is 0 Å². The number of benzene rings is 5. The van der Waals surface area contributed by atoms with Crippen LogP contribution in [-0.2, 0) is 6.42 Å². The van der Waals surface area contributed by atoms with Crippen LogP contribution in [-0.4, -0.2) is 13.6 Å². The lowest BCUT2D eigenvalue weighted by atomic mass is 9.94. The summed E-state index contributed by atoms with van der Waals surface area (Å²) in [5, 5.41) is 5.35. The van der Waals surface area contributed by atoms with E-state index in [-0.39, 0.29) is 0 Å². The topological polar surface area (TPSA) is 6.48 Å². The third-order valence-electron chi connectivity index (χ3n) is 6.54. The Morgan fingerprint density at radius 2 is 1.00 bits per heavy atom. The summed E-state index contributed by atoms with van der Waals surface area (Å²) < 4.78 is 0. The smallest absolute Gasteiger partial charge is 0.0652 e. The van der Waals surface area contributed by atoms with Crippen LogP contribution in [0.5, 0.6) is 0 Å². The minimum atomic E-state index is 0.930. The molecule has 0 radical (unpaired) electrons. The number of hydrogen-bond acceptors (Lipinski definition) is 2. The first kappa shape index (κ1) is 18.0. The highest BCUT2D eigenvalue weighted by atomic mass is 15.3. The van der Waals surface area contributed by atoms with E-state index in [2.05, 4.69) is 120 Å². The molecule has 0 saturated carbocycles. The van der Waals surface area contributed by atoms with Crippen LogP contribution in [0.3, 0.4) is 0 Å². The summed E-state index contributed by atoms with van der Waals surface area (Å²) in [6, 6.07) is 37.3. The zero-order chi connectivity index (χ0) is 20.8. The van der Waals surface area contributed by atoms with Crippen molar-refractivity contribution in [1.29, 1.82) is 0 Å². The molecule has 0 aromatic heterocycles. The van der Waals surface area contributed by atoms with E-state index in [1.165, 1.54) is 49.9 Å². The lowest BCUT2D eigenvalue weighted by Crippen LogP contribution is -2.28. The van der Waals surface area contributed by atoms with Crippen molar-refractivity contribution in [2.75, 3.05) is 23.4 Å². The van der Waals surface area contributed by atoms with Gasteiger partial charge in [-0.3, -0.25) is 0 Å². The minimum absolute atomic E-state index is 0.930. The molecular weight excluding hydrogens is 376 g/mol. The average molecular weight is 401 g/mol. The normalized spacial score (nSPS) is 12.8. The summed E-state index contributed by atoms with van der Waals surface area (Å²) in [5.41, 5.74) is 6.48. The van der Waals surface area contributed by atoms with Crippen molar-refractivity contribution in [1.82, 2.24) is 0 Å². The highest BCUT2D eigenvalue weighted by Crippen LogP contribution is 2.46. The molecule has 0 aliphatic carbocycles. The third-order valence-corrected chi connectivity index (χ3v) is 6.54. The van der Waals surface area contributed by atoms with Crippen LogP contribution in [0.4, 0.5) is 22.7 Å². The van der Waals surface area contributed by atoms with E-state index < -0.39 is 0 Å². The number of rotatable bonds is 3. The van der Waals surface area contributed by atoms with E-state index in [4.69, 9.17) is 0 Å². The van der Waals surface area contributed by atoms with Crippen LogP contribution in [0.2, 0.25) is 0 Å². The molecule has 1 aliphatic rings. The molecule has 0 fully saturated rings. The van der Waals surface area contributed by atoms with Gasteiger partial charge in [0.1, 0.15) is 0 Å². The second kappa shape index (κ2) is 7.17. The Balaban J connectivity index is 1.48. The Morgan fingerprint density at radius 1 is 0.548 bits per heavy atom. The van der Waals surface area contributed by atoms with Gasteiger partial charge < -0.3 is 9.80 Å². The Labute approximate surface area is 183 Å².